The number of hydrogen-bond donors (Lipinski definition) is 0. The Hall–Kier alpha value is -2.87. The second kappa shape index (κ2) is 6.01. The van der Waals surface area contributed by atoms with Crippen molar-refractivity contribution >= 4 is 11.4 Å². The lowest BCUT2D eigenvalue weighted by Gasteiger charge is -1.93. The molecular formula is C13H9N5. The van der Waals surface area contributed by atoms with Crippen molar-refractivity contribution in [2.75, 3.05) is 0 Å². The van der Waals surface area contributed by atoms with Crippen LogP contribution in [0.3, 0.4) is 0 Å². The van der Waals surface area contributed by atoms with Crippen LogP contribution in [0.4, 0.5) is 5.69 Å². The summed E-state index contributed by atoms with van der Waals surface area (Å²) in [6.07, 6.45) is 3.22. The molecule has 0 spiro atoms. The fraction of sp³-hybridized carbons (Fsp3) is 0. The lowest BCUT2D eigenvalue weighted by Crippen LogP contribution is -1.94. The van der Waals surface area contributed by atoms with Gasteiger partial charge < -0.3 is 0 Å². The van der Waals surface area contributed by atoms with Gasteiger partial charge in [0.25, 0.3) is 0 Å². The molecule has 1 heterocycles. The van der Waals surface area contributed by atoms with Gasteiger partial charge in [0.1, 0.15) is 6.07 Å². The third-order valence-electron chi connectivity index (χ3n) is 2.12. The minimum absolute atomic E-state index is 0.230. The first-order valence-corrected chi connectivity index (χ1v) is 5.24. The van der Waals surface area contributed by atoms with Crippen LogP contribution in [-0.4, -0.2) is 10.7 Å². The zero-order valence-electron chi connectivity index (χ0n) is 9.43. The van der Waals surface area contributed by atoms with E-state index in [0.29, 0.717) is 11.3 Å². The maximum absolute atomic E-state index is 8.98. The van der Waals surface area contributed by atoms with Gasteiger partial charge in [-0.15, -0.1) is 10.2 Å². The maximum Gasteiger partial charge on any atom is 0.172 e. The largest absolute Gasteiger partial charge is 0.265 e. The number of nitrogens with zero attached hydrogens (tertiary/aromatic N) is 5. The quantitative estimate of drug-likeness (QED) is 0.465. The summed E-state index contributed by atoms with van der Waals surface area (Å²) in [7, 11) is 0. The number of pyridine rings is 1. The van der Waals surface area contributed by atoms with Crippen molar-refractivity contribution in [2.24, 2.45) is 15.4 Å². The van der Waals surface area contributed by atoms with Crippen LogP contribution in [0.15, 0.2) is 70.3 Å². The average molecular weight is 235 g/mol. The molecule has 0 unspecified atom stereocenters. The maximum atomic E-state index is 8.98. The third-order valence-corrected chi connectivity index (χ3v) is 2.12. The van der Waals surface area contributed by atoms with Gasteiger partial charge in [-0.1, -0.05) is 30.3 Å². The lowest BCUT2D eigenvalue weighted by atomic mass is 10.1. The van der Waals surface area contributed by atoms with E-state index < -0.39 is 0 Å². The van der Waals surface area contributed by atoms with Crippen LogP contribution in [-0.2, 0) is 0 Å². The third kappa shape index (κ3) is 3.06. The summed E-state index contributed by atoms with van der Waals surface area (Å²) < 4.78 is 0. The molecule has 0 radical (unpaired) electrons. The van der Waals surface area contributed by atoms with Gasteiger partial charge in [0.05, 0.1) is 5.69 Å². The van der Waals surface area contributed by atoms with Crippen molar-refractivity contribution in [1.29, 1.82) is 5.26 Å². The van der Waals surface area contributed by atoms with E-state index in [4.69, 9.17) is 5.26 Å². The van der Waals surface area contributed by atoms with Gasteiger partial charge in [-0.2, -0.15) is 5.26 Å². The standard InChI is InChI=1S/C13H9N5/c14-10-13(11-4-2-1-3-5-11)17-18-16-12-6-8-15-9-7-12/h1-9H. The zero-order valence-corrected chi connectivity index (χ0v) is 9.43. The summed E-state index contributed by atoms with van der Waals surface area (Å²) in [5.74, 6) is 0. The number of benzene rings is 1. The molecule has 0 aliphatic heterocycles. The van der Waals surface area contributed by atoms with Crippen LogP contribution in [0.1, 0.15) is 5.56 Å². The number of aromatic nitrogens is 1. The highest BCUT2D eigenvalue weighted by molar-refractivity contribution is 6.11. The Morgan fingerprint density at radius 2 is 1.78 bits per heavy atom. The molecule has 0 N–H and O–H groups in total. The number of rotatable bonds is 3. The van der Waals surface area contributed by atoms with Gasteiger partial charge in [0.2, 0.25) is 0 Å². The molecule has 0 saturated carbocycles. The Labute approximate surface area is 104 Å². The van der Waals surface area contributed by atoms with Crippen LogP contribution in [0.2, 0.25) is 0 Å². The first kappa shape index (κ1) is 11.6. The second-order valence-corrected chi connectivity index (χ2v) is 3.32. The van der Waals surface area contributed by atoms with Gasteiger partial charge in [-0.25, -0.2) is 0 Å². The normalized spacial score (nSPS) is 11.4. The molecule has 0 saturated heterocycles. The summed E-state index contributed by atoms with van der Waals surface area (Å²) in [5.41, 5.74) is 1.58. The summed E-state index contributed by atoms with van der Waals surface area (Å²) in [6.45, 7) is 0. The highest BCUT2D eigenvalue weighted by Gasteiger charge is 1.99. The second-order valence-electron chi connectivity index (χ2n) is 3.32. The van der Waals surface area contributed by atoms with Crippen LogP contribution in [0.5, 0.6) is 0 Å². The fourth-order valence-electron chi connectivity index (χ4n) is 1.27. The molecule has 1 aromatic carbocycles. The van der Waals surface area contributed by atoms with E-state index in [9.17, 15) is 0 Å². The summed E-state index contributed by atoms with van der Waals surface area (Å²) >= 11 is 0. The summed E-state index contributed by atoms with van der Waals surface area (Å²) in [5, 5.41) is 20.3. The van der Waals surface area contributed by atoms with Crippen molar-refractivity contribution in [3.63, 3.8) is 0 Å². The van der Waals surface area contributed by atoms with E-state index in [0.717, 1.165) is 0 Å². The molecule has 0 atom stereocenters. The zero-order chi connectivity index (χ0) is 12.6. The first-order valence-electron chi connectivity index (χ1n) is 5.24. The van der Waals surface area contributed by atoms with Crippen molar-refractivity contribution in [2.45, 2.75) is 0 Å². The summed E-state index contributed by atoms with van der Waals surface area (Å²) in [6, 6.07) is 14.5. The van der Waals surface area contributed by atoms with Gasteiger partial charge in [0.15, 0.2) is 5.71 Å². The predicted octanol–water partition coefficient (Wildman–Crippen LogP) is 3.09. The minimum Gasteiger partial charge on any atom is -0.265 e. The highest BCUT2D eigenvalue weighted by Crippen LogP contribution is 2.09. The number of nitriles is 1. The summed E-state index contributed by atoms with van der Waals surface area (Å²) in [4.78, 5) is 3.86. The van der Waals surface area contributed by atoms with E-state index in [1.54, 1.807) is 36.7 Å². The van der Waals surface area contributed by atoms with Gasteiger partial charge in [0, 0.05) is 18.0 Å². The monoisotopic (exact) mass is 235 g/mol. The van der Waals surface area contributed by atoms with Crippen molar-refractivity contribution < 1.29 is 0 Å². The predicted molar refractivity (Wildman–Crippen MR) is 67.3 cm³/mol. The van der Waals surface area contributed by atoms with Crippen LogP contribution < -0.4 is 0 Å². The molecule has 0 amide bonds. The van der Waals surface area contributed by atoms with Gasteiger partial charge in [-0.3, -0.25) is 4.98 Å². The molecule has 18 heavy (non-hydrogen) atoms. The SMILES string of the molecule is N#CC(=NN=Nc1ccncc1)c1ccccc1. The Morgan fingerprint density at radius 3 is 2.44 bits per heavy atom. The minimum atomic E-state index is 0.230. The van der Waals surface area contributed by atoms with Crippen LogP contribution in [0, 0.1) is 11.3 Å². The Kier molecular flexibility index (Phi) is 3.88. The smallest absolute Gasteiger partial charge is 0.172 e. The molecule has 2 aromatic rings. The van der Waals surface area contributed by atoms with Crippen LogP contribution >= 0.6 is 0 Å². The molecule has 1 aromatic heterocycles. The number of hydrogen-bond acceptors (Lipinski definition) is 4. The van der Waals surface area contributed by atoms with Crippen molar-refractivity contribution in [3.8, 4) is 6.07 Å². The van der Waals surface area contributed by atoms with Crippen LogP contribution in [0.25, 0.3) is 0 Å². The average Bonchev–Trinajstić information content (AvgIpc) is 2.46. The lowest BCUT2D eigenvalue weighted by molar-refractivity contribution is 1.06. The molecule has 0 bridgehead atoms. The molecule has 86 valence electrons. The van der Waals surface area contributed by atoms with Crippen molar-refractivity contribution in [1.82, 2.24) is 4.98 Å². The molecule has 5 heteroatoms. The van der Waals surface area contributed by atoms with Gasteiger partial charge >= 0.3 is 0 Å². The molecular weight excluding hydrogens is 226 g/mol. The van der Waals surface area contributed by atoms with E-state index in [-0.39, 0.29) is 5.71 Å². The molecule has 2 rings (SSSR count). The topological polar surface area (TPSA) is 73.8 Å². The van der Waals surface area contributed by atoms with Gasteiger partial charge in [-0.05, 0) is 17.4 Å². The van der Waals surface area contributed by atoms with E-state index in [1.165, 1.54) is 0 Å². The molecule has 0 fully saturated rings. The van der Waals surface area contributed by atoms with E-state index in [2.05, 4.69) is 20.4 Å². The van der Waals surface area contributed by atoms with E-state index in [1.807, 2.05) is 24.3 Å². The Balaban J connectivity index is 2.18. The Morgan fingerprint density at radius 1 is 1.06 bits per heavy atom. The molecule has 0 aliphatic rings. The molecule has 0 aliphatic carbocycles. The fourth-order valence-corrected chi connectivity index (χ4v) is 1.27. The van der Waals surface area contributed by atoms with Crippen molar-refractivity contribution in [3.05, 3.63) is 60.4 Å². The highest BCUT2D eigenvalue weighted by atomic mass is 15.4. The first-order chi connectivity index (χ1) is 8.90. The Bertz CT molecular complexity index is 596. The molecule has 5 nitrogen and oxygen atoms in total. The van der Waals surface area contributed by atoms with E-state index >= 15 is 0 Å².